The fraction of sp³-hybridized carbons (Fsp3) is 0.375. The predicted molar refractivity (Wildman–Crippen MR) is 84.7 cm³/mol. The molecular formula is C16H20N2O2S. The summed E-state index contributed by atoms with van der Waals surface area (Å²) in [5.74, 6) is 1.13. The first-order chi connectivity index (χ1) is 10.1. The third-order valence-corrected chi connectivity index (χ3v) is 4.01. The molecule has 0 unspecified atom stereocenters. The van der Waals surface area contributed by atoms with Crippen LogP contribution in [0.4, 0.5) is 0 Å². The van der Waals surface area contributed by atoms with Crippen LogP contribution in [-0.4, -0.2) is 18.0 Å². The van der Waals surface area contributed by atoms with Gasteiger partial charge in [-0.1, -0.05) is 32.0 Å². The predicted octanol–water partition coefficient (Wildman–Crippen LogP) is 3.13. The number of aromatic nitrogens is 1. The number of methoxy groups -OCH3 is 1. The Bertz CT molecular complexity index is 608. The lowest BCUT2D eigenvalue weighted by atomic mass is 10.1. The van der Waals surface area contributed by atoms with Gasteiger partial charge >= 0.3 is 0 Å². The number of ether oxygens (including phenoxy) is 1. The molecular weight excluding hydrogens is 284 g/mol. The lowest BCUT2D eigenvalue weighted by molar-refractivity contribution is -0.120. The van der Waals surface area contributed by atoms with Crippen molar-refractivity contribution < 1.29 is 9.53 Å². The van der Waals surface area contributed by atoms with Gasteiger partial charge in [0.15, 0.2) is 0 Å². The van der Waals surface area contributed by atoms with E-state index in [4.69, 9.17) is 4.74 Å². The van der Waals surface area contributed by atoms with E-state index in [-0.39, 0.29) is 5.91 Å². The maximum Gasteiger partial charge on any atom is 0.224 e. The Morgan fingerprint density at radius 2 is 2.14 bits per heavy atom. The topological polar surface area (TPSA) is 51.2 Å². The van der Waals surface area contributed by atoms with Gasteiger partial charge in [-0.05, 0) is 12.0 Å². The molecule has 0 bridgehead atoms. The van der Waals surface area contributed by atoms with Gasteiger partial charge < -0.3 is 10.1 Å². The van der Waals surface area contributed by atoms with Crippen molar-refractivity contribution in [1.29, 1.82) is 0 Å². The van der Waals surface area contributed by atoms with E-state index < -0.39 is 0 Å². The number of hydrogen-bond donors (Lipinski definition) is 1. The largest absolute Gasteiger partial charge is 0.496 e. The average molecular weight is 304 g/mol. The van der Waals surface area contributed by atoms with Crippen LogP contribution in [0.1, 0.15) is 36.0 Å². The number of thiazole rings is 1. The lowest BCUT2D eigenvalue weighted by Crippen LogP contribution is -2.24. The number of para-hydroxylation sites is 1. The molecule has 1 aromatic carbocycles. The van der Waals surface area contributed by atoms with Crippen LogP contribution in [0.5, 0.6) is 5.75 Å². The SMILES string of the molecule is COc1ccccc1CC(=O)NCc1nc(C(C)C)cs1. The first-order valence-corrected chi connectivity index (χ1v) is 7.81. The maximum atomic E-state index is 12.0. The summed E-state index contributed by atoms with van der Waals surface area (Å²) in [4.78, 5) is 16.5. The molecule has 0 radical (unpaired) electrons. The zero-order valence-electron chi connectivity index (χ0n) is 12.6. The Morgan fingerprint density at radius 3 is 2.81 bits per heavy atom. The van der Waals surface area contributed by atoms with Crippen molar-refractivity contribution >= 4 is 17.2 Å². The summed E-state index contributed by atoms with van der Waals surface area (Å²) in [6.07, 6.45) is 0.312. The Balaban J connectivity index is 1.89. The molecule has 1 heterocycles. The molecule has 0 fully saturated rings. The number of hydrogen-bond acceptors (Lipinski definition) is 4. The van der Waals surface area contributed by atoms with Gasteiger partial charge in [0.2, 0.25) is 5.91 Å². The number of rotatable bonds is 6. The molecule has 0 saturated carbocycles. The van der Waals surface area contributed by atoms with Crippen molar-refractivity contribution in [2.45, 2.75) is 32.7 Å². The third-order valence-electron chi connectivity index (χ3n) is 3.14. The smallest absolute Gasteiger partial charge is 0.224 e. The van der Waals surface area contributed by atoms with Crippen molar-refractivity contribution in [3.05, 3.63) is 45.9 Å². The second kappa shape index (κ2) is 7.22. The number of nitrogens with zero attached hydrogens (tertiary/aromatic N) is 1. The van der Waals surface area contributed by atoms with Crippen molar-refractivity contribution in [2.75, 3.05) is 7.11 Å². The minimum atomic E-state index is -0.0270. The van der Waals surface area contributed by atoms with E-state index in [2.05, 4.69) is 24.1 Å². The molecule has 0 saturated heterocycles. The van der Waals surface area contributed by atoms with E-state index in [0.29, 0.717) is 18.9 Å². The van der Waals surface area contributed by atoms with Crippen LogP contribution in [0.15, 0.2) is 29.6 Å². The first kappa shape index (κ1) is 15.5. The molecule has 1 amide bonds. The highest BCUT2D eigenvalue weighted by molar-refractivity contribution is 7.09. The number of carbonyl (C=O) groups is 1. The molecule has 2 aromatic rings. The highest BCUT2D eigenvalue weighted by Gasteiger charge is 2.10. The van der Waals surface area contributed by atoms with Gasteiger partial charge in [-0.25, -0.2) is 4.98 Å². The fourth-order valence-corrected chi connectivity index (χ4v) is 2.83. The molecule has 0 atom stereocenters. The van der Waals surface area contributed by atoms with Crippen LogP contribution >= 0.6 is 11.3 Å². The van der Waals surface area contributed by atoms with Crippen LogP contribution in [0, 0.1) is 0 Å². The molecule has 0 aliphatic heterocycles. The Labute approximate surface area is 129 Å². The Hall–Kier alpha value is -1.88. The van der Waals surface area contributed by atoms with Crippen molar-refractivity contribution in [3.63, 3.8) is 0 Å². The summed E-state index contributed by atoms with van der Waals surface area (Å²) >= 11 is 1.58. The summed E-state index contributed by atoms with van der Waals surface area (Å²) < 4.78 is 5.25. The highest BCUT2D eigenvalue weighted by atomic mass is 32.1. The van der Waals surface area contributed by atoms with E-state index in [1.165, 1.54) is 0 Å². The van der Waals surface area contributed by atoms with Gasteiger partial charge in [-0.3, -0.25) is 4.79 Å². The lowest BCUT2D eigenvalue weighted by Gasteiger charge is -2.08. The van der Waals surface area contributed by atoms with Crippen LogP contribution in [0.3, 0.4) is 0 Å². The van der Waals surface area contributed by atoms with E-state index in [1.807, 2.05) is 29.6 Å². The molecule has 21 heavy (non-hydrogen) atoms. The Kier molecular flexibility index (Phi) is 5.33. The molecule has 0 spiro atoms. The zero-order chi connectivity index (χ0) is 15.2. The first-order valence-electron chi connectivity index (χ1n) is 6.93. The molecule has 4 nitrogen and oxygen atoms in total. The quantitative estimate of drug-likeness (QED) is 0.892. The van der Waals surface area contributed by atoms with Crippen LogP contribution in [-0.2, 0) is 17.8 Å². The molecule has 1 N–H and O–H groups in total. The zero-order valence-corrected chi connectivity index (χ0v) is 13.4. The summed E-state index contributed by atoms with van der Waals surface area (Å²) in [6.45, 7) is 4.70. The summed E-state index contributed by atoms with van der Waals surface area (Å²) in [6, 6.07) is 7.56. The van der Waals surface area contributed by atoms with Crippen molar-refractivity contribution in [3.8, 4) is 5.75 Å². The number of amides is 1. The average Bonchev–Trinajstić information content (AvgIpc) is 2.95. The van der Waals surface area contributed by atoms with Crippen LogP contribution in [0.2, 0.25) is 0 Å². The normalized spacial score (nSPS) is 10.7. The van der Waals surface area contributed by atoms with Gasteiger partial charge in [0.1, 0.15) is 10.8 Å². The second-order valence-corrected chi connectivity index (χ2v) is 6.03. The monoisotopic (exact) mass is 304 g/mol. The number of nitrogens with one attached hydrogen (secondary N) is 1. The van der Waals surface area contributed by atoms with E-state index in [0.717, 1.165) is 22.0 Å². The molecule has 1 aromatic heterocycles. The van der Waals surface area contributed by atoms with Crippen molar-refractivity contribution in [2.24, 2.45) is 0 Å². The fourth-order valence-electron chi connectivity index (χ4n) is 1.93. The molecule has 112 valence electrons. The van der Waals surface area contributed by atoms with Crippen molar-refractivity contribution in [1.82, 2.24) is 10.3 Å². The van der Waals surface area contributed by atoms with E-state index in [9.17, 15) is 4.79 Å². The van der Waals surface area contributed by atoms with E-state index in [1.54, 1.807) is 18.4 Å². The third kappa shape index (κ3) is 4.29. The van der Waals surface area contributed by atoms with Gasteiger partial charge in [0, 0.05) is 10.9 Å². The van der Waals surface area contributed by atoms with E-state index >= 15 is 0 Å². The number of benzene rings is 1. The second-order valence-electron chi connectivity index (χ2n) is 5.09. The highest BCUT2D eigenvalue weighted by Crippen LogP contribution is 2.19. The van der Waals surface area contributed by atoms with Gasteiger partial charge in [-0.2, -0.15) is 0 Å². The molecule has 0 aliphatic carbocycles. The van der Waals surface area contributed by atoms with Crippen LogP contribution < -0.4 is 10.1 Å². The minimum absolute atomic E-state index is 0.0270. The van der Waals surface area contributed by atoms with Crippen LogP contribution in [0.25, 0.3) is 0 Å². The summed E-state index contributed by atoms with van der Waals surface area (Å²) in [5, 5.41) is 5.89. The molecule has 0 aliphatic rings. The summed E-state index contributed by atoms with van der Waals surface area (Å²) in [5.41, 5.74) is 1.97. The summed E-state index contributed by atoms with van der Waals surface area (Å²) in [7, 11) is 1.61. The maximum absolute atomic E-state index is 12.0. The van der Waals surface area contributed by atoms with Gasteiger partial charge in [-0.15, -0.1) is 11.3 Å². The number of carbonyl (C=O) groups excluding carboxylic acids is 1. The molecule has 5 heteroatoms. The molecule has 2 rings (SSSR count). The van der Waals surface area contributed by atoms with Gasteiger partial charge in [0.25, 0.3) is 0 Å². The standard InChI is InChI=1S/C16H20N2O2S/c1-11(2)13-10-21-16(18-13)9-17-15(19)8-12-6-4-5-7-14(12)20-3/h4-7,10-11H,8-9H2,1-3H3,(H,17,19). The minimum Gasteiger partial charge on any atom is -0.496 e. The Morgan fingerprint density at radius 1 is 1.38 bits per heavy atom. The van der Waals surface area contributed by atoms with Gasteiger partial charge in [0.05, 0.1) is 25.8 Å².